The molecule has 6 nitrogen and oxygen atoms in total. The van der Waals surface area contributed by atoms with Crippen LogP contribution in [0.25, 0.3) is 0 Å². The maximum Gasteiger partial charge on any atom is 0.264 e. The van der Waals surface area contributed by atoms with Crippen molar-refractivity contribution in [2.75, 3.05) is 18.8 Å². The lowest BCUT2D eigenvalue weighted by molar-refractivity contribution is -0.139. The van der Waals surface area contributed by atoms with E-state index in [0.29, 0.717) is 30.3 Å². The van der Waals surface area contributed by atoms with Crippen LogP contribution >= 0.6 is 11.6 Å². The molecule has 2 heterocycles. The summed E-state index contributed by atoms with van der Waals surface area (Å²) in [5, 5.41) is 0.623. The van der Waals surface area contributed by atoms with E-state index in [1.807, 2.05) is 6.07 Å². The average molecular weight is 373 g/mol. The number of likely N-dealkylation sites (tertiary alicyclic amines) is 1. The van der Waals surface area contributed by atoms with Crippen LogP contribution in [-0.2, 0) is 21.2 Å². The Bertz CT molecular complexity index is 738. The highest BCUT2D eigenvalue weighted by Crippen LogP contribution is 2.32. The highest BCUT2D eigenvalue weighted by Gasteiger charge is 2.35. The molecular formula is C16H21ClN2O4S. The Morgan fingerprint density at radius 2 is 2.25 bits per heavy atom. The van der Waals surface area contributed by atoms with E-state index < -0.39 is 16.1 Å². The van der Waals surface area contributed by atoms with Crippen molar-refractivity contribution in [2.45, 2.75) is 38.3 Å². The first kappa shape index (κ1) is 17.5. The molecule has 1 amide bonds. The zero-order chi connectivity index (χ0) is 17.3. The third kappa shape index (κ3) is 3.84. The number of piperidine rings is 1. The second-order valence-electron chi connectivity index (χ2n) is 6.21. The fourth-order valence-corrected chi connectivity index (χ4v) is 4.23. The molecular weight excluding hydrogens is 352 g/mol. The van der Waals surface area contributed by atoms with Crippen molar-refractivity contribution in [1.29, 1.82) is 0 Å². The van der Waals surface area contributed by atoms with Crippen LogP contribution in [0.4, 0.5) is 0 Å². The highest BCUT2D eigenvalue weighted by atomic mass is 35.5. The van der Waals surface area contributed by atoms with Crippen molar-refractivity contribution in [3.63, 3.8) is 0 Å². The lowest BCUT2D eigenvalue weighted by atomic mass is 10.0. The number of hydrogen-bond acceptors (Lipinski definition) is 4. The molecule has 8 heteroatoms. The number of halogens is 1. The van der Waals surface area contributed by atoms with Crippen LogP contribution in [0.2, 0.25) is 5.02 Å². The predicted octanol–water partition coefficient (Wildman–Crippen LogP) is 1.57. The molecule has 1 saturated heterocycles. The molecule has 2 atom stereocenters. The van der Waals surface area contributed by atoms with Gasteiger partial charge in [-0.2, -0.15) is 0 Å². The van der Waals surface area contributed by atoms with Crippen molar-refractivity contribution in [3.8, 4) is 5.75 Å². The molecule has 0 spiro atoms. The molecule has 0 aliphatic carbocycles. The number of carbonyl (C=O) groups is 1. The summed E-state index contributed by atoms with van der Waals surface area (Å²) in [6.07, 6.45) is 1.45. The molecule has 0 aromatic heterocycles. The minimum Gasteiger partial charge on any atom is -0.480 e. The van der Waals surface area contributed by atoms with E-state index in [1.54, 1.807) is 24.0 Å². The van der Waals surface area contributed by atoms with E-state index in [9.17, 15) is 13.2 Å². The van der Waals surface area contributed by atoms with Crippen molar-refractivity contribution in [3.05, 3.63) is 28.8 Å². The molecule has 1 fully saturated rings. The quantitative estimate of drug-likeness (QED) is 0.870. The Kier molecular flexibility index (Phi) is 5.03. The van der Waals surface area contributed by atoms with Gasteiger partial charge in [0.25, 0.3) is 5.91 Å². The van der Waals surface area contributed by atoms with Crippen LogP contribution in [-0.4, -0.2) is 50.2 Å². The molecule has 132 valence electrons. The molecule has 0 saturated carbocycles. The van der Waals surface area contributed by atoms with Crippen LogP contribution < -0.4 is 9.46 Å². The van der Waals surface area contributed by atoms with Gasteiger partial charge in [-0.05, 0) is 43.5 Å². The summed E-state index contributed by atoms with van der Waals surface area (Å²) in [5.74, 6) is 0.639. The third-order valence-electron chi connectivity index (χ3n) is 4.43. The molecule has 3 rings (SSSR count). The summed E-state index contributed by atoms with van der Waals surface area (Å²) >= 11 is 5.98. The summed E-state index contributed by atoms with van der Waals surface area (Å²) in [4.78, 5) is 14.4. The molecule has 24 heavy (non-hydrogen) atoms. The van der Waals surface area contributed by atoms with E-state index in [-0.39, 0.29) is 17.7 Å². The first-order valence-corrected chi connectivity index (χ1v) is 10.1. The number of carbonyl (C=O) groups excluding carboxylic acids is 1. The van der Waals surface area contributed by atoms with Gasteiger partial charge in [-0.15, -0.1) is 0 Å². The van der Waals surface area contributed by atoms with E-state index in [2.05, 4.69) is 4.72 Å². The third-order valence-corrected chi connectivity index (χ3v) is 6.12. The lowest BCUT2D eigenvalue weighted by Gasteiger charge is -2.34. The van der Waals surface area contributed by atoms with Gasteiger partial charge in [0, 0.05) is 30.6 Å². The van der Waals surface area contributed by atoms with Crippen LogP contribution in [0, 0.1) is 0 Å². The van der Waals surface area contributed by atoms with Crippen molar-refractivity contribution < 1.29 is 17.9 Å². The zero-order valence-corrected chi connectivity index (χ0v) is 15.1. The maximum absolute atomic E-state index is 12.7. The van der Waals surface area contributed by atoms with Crippen LogP contribution in [0.1, 0.15) is 25.3 Å². The van der Waals surface area contributed by atoms with E-state index >= 15 is 0 Å². The summed E-state index contributed by atoms with van der Waals surface area (Å²) in [6, 6.07) is 5.10. The SMILES string of the molecule is CCS(=O)(=O)N[C@H]1CCCN(C(=O)[C@H]2Cc3cc(Cl)ccc3O2)C1. The largest absolute Gasteiger partial charge is 0.480 e. The summed E-state index contributed by atoms with van der Waals surface area (Å²) < 4.78 is 31.9. The Hall–Kier alpha value is -1.31. The molecule has 1 N–H and O–H groups in total. The monoisotopic (exact) mass is 372 g/mol. The number of sulfonamides is 1. The average Bonchev–Trinajstić information content (AvgIpc) is 2.97. The summed E-state index contributed by atoms with van der Waals surface area (Å²) in [6.45, 7) is 2.61. The van der Waals surface area contributed by atoms with Gasteiger partial charge in [0.1, 0.15) is 5.75 Å². The molecule has 2 aliphatic rings. The first-order chi connectivity index (χ1) is 11.4. The minimum absolute atomic E-state index is 0.0409. The Balaban J connectivity index is 1.63. The summed E-state index contributed by atoms with van der Waals surface area (Å²) in [7, 11) is -3.27. The number of ether oxygens (including phenoxy) is 1. The van der Waals surface area contributed by atoms with E-state index in [1.165, 1.54) is 0 Å². The zero-order valence-electron chi connectivity index (χ0n) is 13.5. The molecule has 0 bridgehead atoms. The van der Waals surface area contributed by atoms with Gasteiger partial charge in [0.05, 0.1) is 5.75 Å². The fourth-order valence-electron chi connectivity index (χ4n) is 3.17. The number of amides is 1. The first-order valence-electron chi connectivity index (χ1n) is 8.12. The molecule has 1 aromatic rings. The van der Waals surface area contributed by atoms with Gasteiger partial charge in [-0.25, -0.2) is 13.1 Å². The number of rotatable bonds is 4. The van der Waals surface area contributed by atoms with Gasteiger partial charge in [-0.3, -0.25) is 4.79 Å². The van der Waals surface area contributed by atoms with Gasteiger partial charge in [0.15, 0.2) is 6.10 Å². The van der Waals surface area contributed by atoms with Gasteiger partial charge >= 0.3 is 0 Å². The van der Waals surface area contributed by atoms with Crippen LogP contribution in [0.3, 0.4) is 0 Å². The molecule has 0 unspecified atom stereocenters. The lowest BCUT2D eigenvalue weighted by Crippen LogP contribution is -2.52. The Labute approximate surface area is 147 Å². The highest BCUT2D eigenvalue weighted by molar-refractivity contribution is 7.89. The maximum atomic E-state index is 12.7. The van der Waals surface area contributed by atoms with Crippen molar-refractivity contribution in [1.82, 2.24) is 9.62 Å². The van der Waals surface area contributed by atoms with Crippen LogP contribution in [0.5, 0.6) is 5.75 Å². The van der Waals surface area contributed by atoms with E-state index in [0.717, 1.165) is 18.4 Å². The van der Waals surface area contributed by atoms with Gasteiger partial charge < -0.3 is 9.64 Å². The number of nitrogens with zero attached hydrogens (tertiary/aromatic N) is 1. The smallest absolute Gasteiger partial charge is 0.264 e. The van der Waals surface area contributed by atoms with Gasteiger partial charge in [-0.1, -0.05) is 11.6 Å². The Morgan fingerprint density at radius 3 is 3.00 bits per heavy atom. The topological polar surface area (TPSA) is 75.7 Å². The molecule has 2 aliphatic heterocycles. The molecule has 0 radical (unpaired) electrons. The molecule has 1 aromatic carbocycles. The van der Waals surface area contributed by atoms with E-state index in [4.69, 9.17) is 16.3 Å². The Morgan fingerprint density at radius 1 is 1.46 bits per heavy atom. The number of benzene rings is 1. The van der Waals surface area contributed by atoms with Crippen LogP contribution in [0.15, 0.2) is 18.2 Å². The predicted molar refractivity (Wildman–Crippen MR) is 91.8 cm³/mol. The number of nitrogens with one attached hydrogen (secondary N) is 1. The minimum atomic E-state index is -3.27. The van der Waals surface area contributed by atoms with Crippen molar-refractivity contribution >= 4 is 27.5 Å². The van der Waals surface area contributed by atoms with Crippen molar-refractivity contribution in [2.24, 2.45) is 0 Å². The number of fused-ring (bicyclic) bond motifs is 1. The standard InChI is InChI=1S/C16H21ClN2O4S/c1-2-24(21,22)18-13-4-3-7-19(10-13)16(20)15-9-11-8-12(17)5-6-14(11)23-15/h5-6,8,13,15,18H,2-4,7,9-10H2,1H3/t13-,15+/m0/s1. The second kappa shape index (κ2) is 6.90. The fraction of sp³-hybridized carbons (Fsp3) is 0.562. The summed E-state index contributed by atoms with van der Waals surface area (Å²) in [5.41, 5.74) is 0.932. The normalized spacial score (nSPS) is 23.7. The second-order valence-corrected chi connectivity index (χ2v) is 8.69. The number of hydrogen-bond donors (Lipinski definition) is 1. The van der Waals surface area contributed by atoms with Gasteiger partial charge in [0.2, 0.25) is 10.0 Å².